The average Bonchev–Trinajstić information content (AvgIpc) is 2.89. The first-order chi connectivity index (χ1) is 9.86. The lowest BCUT2D eigenvalue weighted by atomic mass is 9.80. The van der Waals surface area contributed by atoms with Crippen LogP contribution in [-0.4, -0.2) is 31.6 Å². The molecule has 2 unspecified atom stereocenters. The molecule has 21 heavy (non-hydrogen) atoms. The lowest BCUT2D eigenvalue weighted by Gasteiger charge is -2.30. The molecule has 1 aliphatic rings. The molecule has 0 spiro atoms. The van der Waals surface area contributed by atoms with E-state index in [2.05, 4.69) is 25.7 Å². The lowest BCUT2D eigenvalue weighted by Crippen LogP contribution is -2.33. The Balaban J connectivity index is 2.15. The van der Waals surface area contributed by atoms with E-state index >= 15 is 0 Å². The van der Waals surface area contributed by atoms with E-state index in [0.717, 1.165) is 18.7 Å². The van der Waals surface area contributed by atoms with Crippen LogP contribution in [0.15, 0.2) is 18.2 Å². The van der Waals surface area contributed by atoms with Gasteiger partial charge in [-0.15, -0.1) is 0 Å². The Kier molecular flexibility index (Phi) is 4.89. The van der Waals surface area contributed by atoms with E-state index in [1.807, 2.05) is 6.07 Å². The molecule has 0 amide bonds. The molecule has 1 heterocycles. The molecule has 0 saturated carbocycles. The molecule has 0 aromatic heterocycles. The number of benzene rings is 1. The number of halogens is 1. The highest BCUT2D eigenvalue weighted by atomic mass is 19.1. The molecule has 1 aromatic rings. The van der Waals surface area contributed by atoms with Gasteiger partial charge in [-0.05, 0) is 42.0 Å². The highest BCUT2D eigenvalue weighted by molar-refractivity contribution is 5.31. The number of likely N-dealkylation sites (tertiary alicyclic amines) is 1. The summed E-state index contributed by atoms with van der Waals surface area (Å²) in [7, 11) is 1.48. The fourth-order valence-electron chi connectivity index (χ4n) is 3.16. The number of ether oxygens (including phenoxy) is 1. The van der Waals surface area contributed by atoms with Gasteiger partial charge in [0.05, 0.1) is 7.11 Å². The molecule has 2 N–H and O–H groups in total. The van der Waals surface area contributed by atoms with Crippen molar-refractivity contribution in [3.63, 3.8) is 0 Å². The first-order valence-electron chi connectivity index (χ1n) is 7.64. The molecule has 118 valence electrons. The summed E-state index contributed by atoms with van der Waals surface area (Å²) in [6, 6.07) is 5.24. The van der Waals surface area contributed by atoms with Gasteiger partial charge in [-0.3, -0.25) is 4.90 Å². The fourth-order valence-corrected chi connectivity index (χ4v) is 3.16. The summed E-state index contributed by atoms with van der Waals surface area (Å²) in [6.45, 7) is 9.40. The summed E-state index contributed by atoms with van der Waals surface area (Å²) >= 11 is 0. The minimum absolute atomic E-state index is 0.0813. The molecule has 0 aliphatic carbocycles. The van der Waals surface area contributed by atoms with Crippen molar-refractivity contribution in [3.05, 3.63) is 29.6 Å². The van der Waals surface area contributed by atoms with Crippen LogP contribution in [-0.2, 0) is 0 Å². The summed E-state index contributed by atoms with van der Waals surface area (Å²) in [5.41, 5.74) is 7.20. The Bertz CT molecular complexity index is 484. The predicted octanol–water partition coefficient (Wildman–Crippen LogP) is 3.20. The second-order valence-electron chi connectivity index (χ2n) is 6.99. The van der Waals surface area contributed by atoms with Gasteiger partial charge in [-0.25, -0.2) is 4.39 Å². The second kappa shape index (κ2) is 6.32. The Labute approximate surface area is 127 Å². The van der Waals surface area contributed by atoms with Crippen LogP contribution in [0.1, 0.15) is 38.8 Å². The third-order valence-corrected chi connectivity index (χ3v) is 4.67. The molecule has 2 atom stereocenters. The van der Waals surface area contributed by atoms with Gasteiger partial charge in [0.2, 0.25) is 0 Å². The maximum Gasteiger partial charge on any atom is 0.165 e. The smallest absolute Gasteiger partial charge is 0.165 e. The van der Waals surface area contributed by atoms with Crippen molar-refractivity contribution in [1.29, 1.82) is 0 Å². The molecule has 1 aromatic carbocycles. The van der Waals surface area contributed by atoms with Crippen molar-refractivity contribution in [1.82, 2.24) is 4.90 Å². The van der Waals surface area contributed by atoms with E-state index in [9.17, 15) is 4.39 Å². The Morgan fingerprint density at radius 1 is 1.43 bits per heavy atom. The quantitative estimate of drug-likeness (QED) is 0.927. The Morgan fingerprint density at radius 2 is 2.14 bits per heavy atom. The number of rotatable bonds is 4. The van der Waals surface area contributed by atoms with Gasteiger partial charge in [-0.1, -0.05) is 26.8 Å². The molecule has 0 radical (unpaired) electrons. The van der Waals surface area contributed by atoms with Crippen LogP contribution in [0.2, 0.25) is 0 Å². The van der Waals surface area contributed by atoms with Crippen LogP contribution >= 0.6 is 0 Å². The molecule has 4 heteroatoms. The van der Waals surface area contributed by atoms with Gasteiger partial charge in [0.25, 0.3) is 0 Å². The molecule has 2 rings (SSSR count). The van der Waals surface area contributed by atoms with Crippen molar-refractivity contribution in [3.8, 4) is 5.75 Å². The molecule has 1 fully saturated rings. The van der Waals surface area contributed by atoms with Gasteiger partial charge in [0.1, 0.15) is 0 Å². The summed E-state index contributed by atoms with van der Waals surface area (Å²) < 4.78 is 18.9. The fraction of sp³-hybridized carbons (Fsp3) is 0.647. The summed E-state index contributed by atoms with van der Waals surface area (Å²) in [4.78, 5) is 2.39. The number of hydrogen-bond acceptors (Lipinski definition) is 3. The summed E-state index contributed by atoms with van der Waals surface area (Å²) in [6.07, 6.45) is 1.18. The highest BCUT2D eigenvalue weighted by Gasteiger charge is 2.34. The monoisotopic (exact) mass is 294 g/mol. The van der Waals surface area contributed by atoms with E-state index in [1.54, 1.807) is 12.1 Å². The topological polar surface area (TPSA) is 38.5 Å². The normalized spacial score (nSPS) is 21.5. The van der Waals surface area contributed by atoms with E-state index in [4.69, 9.17) is 10.5 Å². The van der Waals surface area contributed by atoms with Crippen molar-refractivity contribution in [2.45, 2.75) is 33.2 Å². The highest BCUT2D eigenvalue weighted by Crippen LogP contribution is 2.37. The van der Waals surface area contributed by atoms with Crippen molar-refractivity contribution >= 4 is 0 Å². The van der Waals surface area contributed by atoms with Crippen LogP contribution in [0.25, 0.3) is 0 Å². The summed E-state index contributed by atoms with van der Waals surface area (Å²) in [5.74, 6) is 0.623. The third-order valence-electron chi connectivity index (χ3n) is 4.67. The summed E-state index contributed by atoms with van der Waals surface area (Å²) in [5, 5.41) is 0. The van der Waals surface area contributed by atoms with Gasteiger partial charge in [-0.2, -0.15) is 0 Å². The Hall–Kier alpha value is -1.13. The zero-order chi connectivity index (χ0) is 15.6. The van der Waals surface area contributed by atoms with Gasteiger partial charge < -0.3 is 10.5 Å². The largest absolute Gasteiger partial charge is 0.494 e. The van der Waals surface area contributed by atoms with E-state index in [1.165, 1.54) is 13.5 Å². The molecular weight excluding hydrogens is 267 g/mol. The standard InChI is InChI=1S/C17H27FN2O/c1-17(2,3)13-7-8-20(11-13)15(10-19)12-5-6-16(21-4)14(18)9-12/h5-6,9,13,15H,7-8,10-11,19H2,1-4H3. The number of hydrogen-bond donors (Lipinski definition) is 1. The van der Waals surface area contributed by atoms with Crippen LogP contribution in [0.5, 0.6) is 5.75 Å². The zero-order valence-corrected chi connectivity index (χ0v) is 13.5. The minimum Gasteiger partial charge on any atom is -0.494 e. The first-order valence-corrected chi connectivity index (χ1v) is 7.64. The second-order valence-corrected chi connectivity index (χ2v) is 6.99. The van der Waals surface area contributed by atoms with Gasteiger partial charge in [0, 0.05) is 19.1 Å². The zero-order valence-electron chi connectivity index (χ0n) is 13.5. The maximum atomic E-state index is 13.9. The van der Waals surface area contributed by atoms with Crippen molar-refractivity contribution in [2.24, 2.45) is 17.1 Å². The van der Waals surface area contributed by atoms with E-state index < -0.39 is 0 Å². The minimum atomic E-state index is -0.319. The van der Waals surface area contributed by atoms with Crippen LogP contribution < -0.4 is 10.5 Å². The van der Waals surface area contributed by atoms with Gasteiger partial charge >= 0.3 is 0 Å². The van der Waals surface area contributed by atoms with Gasteiger partial charge in [0.15, 0.2) is 11.6 Å². The number of methoxy groups -OCH3 is 1. The lowest BCUT2D eigenvalue weighted by molar-refractivity contribution is 0.197. The molecule has 0 bridgehead atoms. The first kappa shape index (κ1) is 16.2. The molecule has 3 nitrogen and oxygen atoms in total. The Morgan fingerprint density at radius 3 is 2.62 bits per heavy atom. The SMILES string of the molecule is COc1ccc(C(CN)N2CCC(C(C)(C)C)C2)cc1F. The number of nitrogens with zero attached hydrogens (tertiary/aromatic N) is 1. The predicted molar refractivity (Wildman–Crippen MR) is 83.9 cm³/mol. The van der Waals surface area contributed by atoms with Crippen molar-refractivity contribution in [2.75, 3.05) is 26.7 Å². The van der Waals surface area contributed by atoms with Crippen LogP contribution in [0, 0.1) is 17.2 Å². The number of nitrogens with two attached hydrogens (primary N) is 1. The van der Waals surface area contributed by atoms with Crippen LogP contribution in [0.4, 0.5) is 4.39 Å². The van der Waals surface area contributed by atoms with Crippen LogP contribution in [0.3, 0.4) is 0 Å². The van der Waals surface area contributed by atoms with Crippen molar-refractivity contribution < 1.29 is 9.13 Å². The van der Waals surface area contributed by atoms with E-state index in [-0.39, 0.29) is 17.6 Å². The molecular formula is C17H27FN2O. The van der Waals surface area contributed by atoms with E-state index in [0.29, 0.717) is 17.9 Å². The average molecular weight is 294 g/mol. The third kappa shape index (κ3) is 3.55. The molecule has 1 aliphatic heterocycles. The molecule has 1 saturated heterocycles. The maximum absolute atomic E-state index is 13.9.